The monoisotopic (exact) mass is 205 g/mol. The summed E-state index contributed by atoms with van der Waals surface area (Å²) in [5, 5.41) is 10.4. The number of amides is 1. The summed E-state index contributed by atoms with van der Waals surface area (Å²) in [7, 11) is 0. The van der Waals surface area contributed by atoms with Crippen molar-refractivity contribution < 1.29 is 4.79 Å². The average Bonchev–Trinajstić information content (AvgIpc) is 2.67. The van der Waals surface area contributed by atoms with E-state index in [9.17, 15) is 4.79 Å². The molecule has 0 aliphatic rings. The molecule has 1 aromatic heterocycles. The Morgan fingerprint density at radius 2 is 2.13 bits per heavy atom. The number of H-pyrrole nitrogens is 1. The van der Waals surface area contributed by atoms with Crippen LogP contribution in [0.5, 0.6) is 0 Å². The molecule has 80 valence electrons. The SMILES string of the molecule is CC.CC(=O)Nc1ccc2[nH]ncc2c1. The van der Waals surface area contributed by atoms with Gasteiger partial charge in [-0.2, -0.15) is 5.10 Å². The fraction of sp³-hybridized carbons (Fsp3) is 0.273. The van der Waals surface area contributed by atoms with Gasteiger partial charge in [0.25, 0.3) is 0 Å². The van der Waals surface area contributed by atoms with Crippen molar-refractivity contribution in [2.24, 2.45) is 0 Å². The molecule has 0 saturated carbocycles. The molecule has 2 rings (SSSR count). The Kier molecular flexibility index (Phi) is 3.85. The standard InChI is InChI=1S/C9H9N3O.C2H6/c1-6(13)11-8-2-3-9-7(4-8)5-10-12-9;1-2/h2-5H,1H3,(H,10,12)(H,11,13);1-2H3. The van der Waals surface area contributed by atoms with E-state index in [0.717, 1.165) is 16.6 Å². The third kappa shape index (κ3) is 2.80. The Hall–Kier alpha value is -1.84. The van der Waals surface area contributed by atoms with Crippen LogP contribution in [0, 0.1) is 0 Å². The third-order valence-electron chi connectivity index (χ3n) is 1.76. The van der Waals surface area contributed by atoms with Crippen molar-refractivity contribution >= 4 is 22.5 Å². The largest absolute Gasteiger partial charge is 0.326 e. The number of rotatable bonds is 1. The molecule has 0 fully saturated rings. The molecule has 2 N–H and O–H groups in total. The van der Waals surface area contributed by atoms with Gasteiger partial charge in [-0.1, -0.05) is 13.8 Å². The number of fused-ring (bicyclic) bond motifs is 1. The fourth-order valence-electron chi connectivity index (χ4n) is 1.22. The molecule has 0 saturated heterocycles. The van der Waals surface area contributed by atoms with Crippen LogP contribution < -0.4 is 5.32 Å². The molecular weight excluding hydrogens is 190 g/mol. The van der Waals surface area contributed by atoms with E-state index in [0.29, 0.717) is 0 Å². The quantitative estimate of drug-likeness (QED) is 0.751. The van der Waals surface area contributed by atoms with Gasteiger partial charge in [0.05, 0.1) is 11.7 Å². The molecule has 1 aromatic carbocycles. The minimum Gasteiger partial charge on any atom is -0.326 e. The van der Waals surface area contributed by atoms with Crippen LogP contribution in [0.25, 0.3) is 10.9 Å². The summed E-state index contributed by atoms with van der Waals surface area (Å²) >= 11 is 0. The van der Waals surface area contributed by atoms with Gasteiger partial charge in [-0.3, -0.25) is 9.89 Å². The number of aromatic nitrogens is 2. The maximum atomic E-state index is 10.8. The van der Waals surface area contributed by atoms with Crippen LogP contribution in [0.3, 0.4) is 0 Å². The first-order chi connectivity index (χ1) is 7.25. The van der Waals surface area contributed by atoms with E-state index in [2.05, 4.69) is 15.5 Å². The molecule has 4 heteroatoms. The van der Waals surface area contributed by atoms with Crippen LogP contribution in [0.4, 0.5) is 5.69 Å². The number of carbonyl (C=O) groups excluding carboxylic acids is 1. The van der Waals surface area contributed by atoms with Gasteiger partial charge < -0.3 is 5.32 Å². The normalized spacial score (nSPS) is 9.27. The van der Waals surface area contributed by atoms with Crippen molar-refractivity contribution in [3.63, 3.8) is 0 Å². The van der Waals surface area contributed by atoms with E-state index in [1.165, 1.54) is 6.92 Å². The smallest absolute Gasteiger partial charge is 0.221 e. The highest BCUT2D eigenvalue weighted by atomic mass is 16.1. The lowest BCUT2D eigenvalue weighted by molar-refractivity contribution is -0.114. The second-order valence-electron chi connectivity index (χ2n) is 2.85. The summed E-state index contributed by atoms with van der Waals surface area (Å²) in [6.07, 6.45) is 1.72. The fourth-order valence-corrected chi connectivity index (χ4v) is 1.22. The van der Waals surface area contributed by atoms with Gasteiger partial charge in [0.15, 0.2) is 0 Å². The maximum absolute atomic E-state index is 10.8. The average molecular weight is 205 g/mol. The summed E-state index contributed by atoms with van der Waals surface area (Å²) in [5.74, 6) is -0.0668. The second-order valence-corrected chi connectivity index (χ2v) is 2.85. The molecule has 1 heterocycles. The Morgan fingerprint density at radius 3 is 2.80 bits per heavy atom. The zero-order valence-electron chi connectivity index (χ0n) is 9.16. The number of hydrogen-bond donors (Lipinski definition) is 2. The molecule has 0 bridgehead atoms. The summed E-state index contributed by atoms with van der Waals surface area (Å²) in [4.78, 5) is 10.8. The number of benzene rings is 1. The van der Waals surface area contributed by atoms with Crippen LogP contribution in [0.2, 0.25) is 0 Å². The molecule has 0 spiro atoms. The first-order valence-electron chi connectivity index (χ1n) is 4.96. The van der Waals surface area contributed by atoms with Gasteiger partial charge in [0, 0.05) is 18.0 Å². The summed E-state index contributed by atoms with van der Waals surface area (Å²) in [6, 6.07) is 5.59. The lowest BCUT2D eigenvalue weighted by atomic mass is 10.2. The number of nitrogens with one attached hydrogen (secondary N) is 2. The molecular formula is C11H15N3O. The first-order valence-corrected chi connectivity index (χ1v) is 4.96. The Morgan fingerprint density at radius 1 is 1.40 bits per heavy atom. The van der Waals surface area contributed by atoms with E-state index in [1.54, 1.807) is 6.20 Å². The first kappa shape index (κ1) is 11.2. The number of anilines is 1. The molecule has 0 atom stereocenters. The van der Waals surface area contributed by atoms with Crippen LogP contribution in [-0.4, -0.2) is 16.1 Å². The lowest BCUT2D eigenvalue weighted by Crippen LogP contribution is -2.05. The van der Waals surface area contributed by atoms with Crippen LogP contribution in [0.1, 0.15) is 20.8 Å². The van der Waals surface area contributed by atoms with Crippen molar-refractivity contribution in [1.29, 1.82) is 0 Å². The third-order valence-corrected chi connectivity index (χ3v) is 1.76. The molecule has 0 radical (unpaired) electrons. The molecule has 1 amide bonds. The summed E-state index contributed by atoms with van der Waals surface area (Å²) in [6.45, 7) is 5.49. The molecule has 4 nitrogen and oxygen atoms in total. The van der Waals surface area contributed by atoms with Gasteiger partial charge in [-0.25, -0.2) is 0 Å². The molecule has 2 aromatic rings. The Balaban J connectivity index is 0.000000531. The van der Waals surface area contributed by atoms with Crippen LogP contribution >= 0.6 is 0 Å². The van der Waals surface area contributed by atoms with Crippen LogP contribution in [0.15, 0.2) is 24.4 Å². The van der Waals surface area contributed by atoms with Crippen molar-refractivity contribution in [2.45, 2.75) is 20.8 Å². The zero-order chi connectivity index (χ0) is 11.3. The predicted octanol–water partition coefficient (Wildman–Crippen LogP) is 2.55. The summed E-state index contributed by atoms with van der Waals surface area (Å²) < 4.78 is 0. The van der Waals surface area contributed by atoms with Crippen molar-refractivity contribution in [2.75, 3.05) is 5.32 Å². The summed E-state index contributed by atoms with van der Waals surface area (Å²) in [5.41, 5.74) is 1.76. The van der Waals surface area contributed by atoms with E-state index in [-0.39, 0.29) is 5.91 Å². The minimum absolute atomic E-state index is 0.0668. The number of nitrogens with zero attached hydrogens (tertiary/aromatic N) is 1. The number of hydrogen-bond acceptors (Lipinski definition) is 2. The maximum Gasteiger partial charge on any atom is 0.221 e. The van der Waals surface area contributed by atoms with Gasteiger partial charge in [0.2, 0.25) is 5.91 Å². The van der Waals surface area contributed by atoms with Crippen molar-refractivity contribution in [3.05, 3.63) is 24.4 Å². The van der Waals surface area contributed by atoms with E-state index in [1.807, 2.05) is 32.0 Å². The second kappa shape index (κ2) is 5.14. The number of aromatic amines is 1. The molecule has 15 heavy (non-hydrogen) atoms. The molecule has 0 unspecified atom stereocenters. The Labute approximate surface area is 88.7 Å². The van der Waals surface area contributed by atoms with Gasteiger partial charge in [-0.05, 0) is 18.2 Å². The van der Waals surface area contributed by atoms with Gasteiger partial charge in [0.1, 0.15) is 0 Å². The number of carbonyl (C=O) groups is 1. The molecule has 0 aliphatic carbocycles. The van der Waals surface area contributed by atoms with E-state index < -0.39 is 0 Å². The van der Waals surface area contributed by atoms with Crippen molar-refractivity contribution in [1.82, 2.24) is 10.2 Å². The zero-order valence-corrected chi connectivity index (χ0v) is 9.16. The minimum atomic E-state index is -0.0668. The predicted molar refractivity (Wildman–Crippen MR) is 61.7 cm³/mol. The topological polar surface area (TPSA) is 57.8 Å². The highest BCUT2D eigenvalue weighted by Gasteiger charge is 1.98. The highest BCUT2D eigenvalue weighted by molar-refractivity contribution is 5.92. The van der Waals surface area contributed by atoms with E-state index in [4.69, 9.17) is 0 Å². The Bertz CT molecular complexity index is 448. The molecule has 0 aliphatic heterocycles. The highest BCUT2D eigenvalue weighted by Crippen LogP contribution is 2.16. The van der Waals surface area contributed by atoms with E-state index >= 15 is 0 Å². The van der Waals surface area contributed by atoms with Gasteiger partial charge >= 0.3 is 0 Å². The van der Waals surface area contributed by atoms with Gasteiger partial charge in [-0.15, -0.1) is 0 Å². The lowest BCUT2D eigenvalue weighted by Gasteiger charge is -2.00. The van der Waals surface area contributed by atoms with Crippen LogP contribution in [-0.2, 0) is 4.79 Å². The van der Waals surface area contributed by atoms with Crippen molar-refractivity contribution in [3.8, 4) is 0 Å².